The molecule has 2 rings (SSSR count). The van der Waals surface area contributed by atoms with Gasteiger partial charge in [0.25, 0.3) is 0 Å². The molecule has 0 spiro atoms. The molecule has 1 atom stereocenters. The maximum Gasteiger partial charge on any atom is 0.127 e. The summed E-state index contributed by atoms with van der Waals surface area (Å²) in [7, 11) is 0. The Hall–Kier alpha value is -2.45. The third-order valence-corrected chi connectivity index (χ3v) is 2.68. The lowest BCUT2D eigenvalue weighted by Crippen LogP contribution is -2.01. The molecule has 0 N–H and O–H groups in total. The van der Waals surface area contributed by atoms with Crippen LogP contribution < -0.4 is 4.74 Å². The van der Waals surface area contributed by atoms with Gasteiger partial charge in [-0.15, -0.1) is 0 Å². The van der Waals surface area contributed by atoms with Crippen LogP contribution in [0.5, 0.6) is 11.5 Å². The minimum atomic E-state index is -0.0362. The largest absolute Gasteiger partial charge is 0.457 e. The van der Waals surface area contributed by atoms with Gasteiger partial charge in [-0.2, -0.15) is 0 Å². The van der Waals surface area contributed by atoms with Crippen LogP contribution in [-0.4, -0.2) is 6.04 Å². The molecule has 0 radical (unpaired) electrons. The van der Waals surface area contributed by atoms with Crippen LogP contribution in [0.15, 0.2) is 59.7 Å². The van der Waals surface area contributed by atoms with E-state index in [9.17, 15) is 0 Å². The zero-order valence-corrected chi connectivity index (χ0v) is 10.7. The number of rotatable bonds is 5. The molecule has 0 unspecified atom stereocenters. The van der Waals surface area contributed by atoms with Crippen LogP contribution in [0.25, 0.3) is 10.4 Å². The first-order valence-corrected chi connectivity index (χ1v) is 6.14. The fourth-order valence-corrected chi connectivity index (χ4v) is 1.79. The number of azide groups is 1. The highest BCUT2D eigenvalue weighted by molar-refractivity contribution is 5.33. The van der Waals surface area contributed by atoms with Crippen molar-refractivity contribution in [2.45, 2.75) is 19.4 Å². The fourth-order valence-electron chi connectivity index (χ4n) is 1.79. The zero-order valence-electron chi connectivity index (χ0n) is 10.7. The second-order valence-electron chi connectivity index (χ2n) is 4.32. The van der Waals surface area contributed by atoms with Crippen LogP contribution in [0.3, 0.4) is 0 Å². The molecule has 2 aromatic carbocycles. The molecule has 0 aliphatic rings. The van der Waals surface area contributed by atoms with Crippen LogP contribution in [0.4, 0.5) is 0 Å². The Balaban J connectivity index is 2.00. The zero-order chi connectivity index (χ0) is 13.5. The first kappa shape index (κ1) is 13.0. The molecule has 0 saturated carbocycles. The number of nitrogens with zero attached hydrogens (tertiary/aromatic N) is 3. The molecule has 0 aromatic heterocycles. The third kappa shape index (κ3) is 4.05. The Bertz CT molecular complexity index is 560. The number of hydrogen-bond acceptors (Lipinski definition) is 2. The van der Waals surface area contributed by atoms with Gasteiger partial charge in [0.1, 0.15) is 11.5 Å². The minimum absolute atomic E-state index is 0.0362. The van der Waals surface area contributed by atoms with Gasteiger partial charge >= 0.3 is 0 Å². The molecule has 4 heteroatoms. The summed E-state index contributed by atoms with van der Waals surface area (Å²) in [5.41, 5.74) is 9.49. The van der Waals surface area contributed by atoms with Crippen molar-refractivity contribution in [1.82, 2.24) is 0 Å². The van der Waals surface area contributed by atoms with Crippen molar-refractivity contribution in [3.63, 3.8) is 0 Å². The molecule has 96 valence electrons. The molecule has 19 heavy (non-hydrogen) atoms. The smallest absolute Gasteiger partial charge is 0.127 e. The van der Waals surface area contributed by atoms with Crippen molar-refractivity contribution < 1.29 is 4.74 Å². The first-order chi connectivity index (χ1) is 9.28. The normalized spacial score (nSPS) is 11.4. The van der Waals surface area contributed by atoms with E-state index < -0.39 is 0 Å². The Labute approximate surface area is 112 Å². The van der Waals surface area contributed by atoms with Gasteiger partial charge in [-0.25, -0.2) is 0 Å². The third-order valence-electron chi connectivity index (χ3n) is 2.68. The van der Waals surface area contributed by atoms with Crippen LogP contribution >= 0.6 is 0 Å². The summed E-state index contributed by atoms with van der Waals surface area (Å²) in [6.45, 7) is 1.90. The molecule has 0 fully saturated rings. The van der Waals surface area contributed by atoms with Gasteiger partial charge in [-0.3, -0.25) is 0 Å². The lowest BCUT2D eigenvalue weighted by atomic mass is 10.1. The lowest BCUT2D eigenvalue weighted by Gasteiger charge is -2.08. The van der Waals surface area contributed by atoms with Gasteiger partial charge in [0.05, 0.1) is 0 Å². The summed E-state index contributed by atoms with van der Waals surface area (Å²) in [5.74, 6) is 1.61. The van der Waals surface area contributed by atoms with Crippen molar-refractivity contribution in [1.29, 1.82) is 0 Å². The maximum atomic E-state index is 8.36. The van der Waals surface area contributed by atoms with Crippen molar-refractivity contribution in [3.8, 4) is 11.5 Å². The molecule has 0 saturated heterocycles. The minimum Gasteiger partial charge on any atom is -0.457 e. The van der Waals surface area contributed by atoms with E-state index in [2.05, 4.69) is 10.0 Å². The highest BCUT2D eigenvalue weighted by Crippen LogP contribution is 2.21. The molecule has 0 bridgehead atoms. The first-order valence-electron chi connectivity index (χ1n) is 6.14. The van der Waals surface area contributed by atoms with Crippen LogP contribution in [0, 0.1) is 0 Å². The summed E-state index contributed by atoms with van der Waals surface area (Å²) >= 11 is 0. The van der Waals surface area contributed by atoms with Crippen molar-refractivity contribution in [2.75, 3.05) is 0 Å². The molecule has 0 aliphatic carbocycles. The second-order valence-corrected chi connectivity index (χ2v) is 4.32. The summed E-state index contributed by atoms with van der Waals surface area (Å²) in [6, 6.07) is 17.4. The van der Waals surface area contributed by atoms with Gasteiger partial charge in [-0.05, 0) is 41.8 Å². The van der Waals surface area contributed by atoms with Crippen molar-refractivity contribution >= 4 is 0 Å². The molecule has 4 nitrogen and oxygen atoms in total. The molecular formula is C15H15N3O. The maximum absolute atomic E-state index is 8.36. The van der Waals surface area contributed by atoms with E-state index >= 15 is 0 Å². The lowest BCUT2D eigenvalue weighted by molar-refractivity contribution is 0.482. The van der Waals surface area contributed by atoms with E-state index in [0.717, 1.165) is 23.5 Å². The summed E-state index contributed by atoms with van der Waals surface area (Å²) in [6.07, 6.45) is 0.732. The number of para-hydroxylation sites is 1. The van der Waals surface area contributed by atoms with Gasteiger partial charge in [0, 0.05) is 11.0 Å². The predicted octanol–water partition coefficient (Wildman–Crippen LogP) is 4.72. The van der Waals surface area contributed by atoms with Gasteiger partial charge in [0.2, 0.25) is 0 Å². The molecule has 2 aromatic rings. The fraction of sp³-hybridized carbons (Fsp3) is 0.200. The standard InChI is InChI=1S/C15H15N3O/c1-12(17-18-16)11-13-7-9-15(10-8-13)19-14-5-3-2-4-6-14/h2-10,12H,11H2,1H3/t12-/m1/s1. The van der Waals surface area contributed by atoms with Gasteiger partial charge in [0.15, 0.2) is 0 Å². The van der Waals surface area contributed by atoms with Crippen molar-refractivity contribution in [2.24, 2.45) is 5.11 Å². The SMILES string of the molecule is C[C@H](Cc1ccc(Oc2ccccc2)cc1)N=[N+]=[N-]. The number of ether oxygens (including phenoxy) is 1. The van der Waals surface area contributed by atoms with Gasteiger partial charge in [-0.1, -0.05) is 42.4 Å². The van der Waals surface area contributed by atoms with E-state index in [1.807, 2.05) is 61.5 Å². The Morgan fingerprint density at radius 2 is 1.68 bits per heavy atom. The van der Waals surface area contributed by atoms with E-state index in [1.54, 1.807) is 0 Å². The second kappa shape index (κ2) is 6.47. The Morgan fingerprint density at radius 1 is 1.05 bits per heavy atom. The average molecular weight is 253 g/mol. The Kier molecular flexibility index (Phi) is 4.43. The Morgan fingerprint density at radius 3 is 2.32 bits per heavy atom. The summed E-state index contributed by atoms with van der Waals surface area (Å²) < 4.78 is 5.70. The average Bonchev–Trinajstić information content (AvgIpc) is 2.42. The topological polar surface area (TPSA) is 58.0 Å². The van der Waals surface area contributed by atoms with E-state index in [0.29, 0.717) is 0 Å². The van der Waals surface area contributed by atoms with Crippen LogP contribution in [0.1, 0.15) is 12.5 Å². The molecule has 0 aliphatic heterocycles. The quantitative estimate of drug-likeness (QED) is 0.432. The predicted molar refractivity (Wildman–Crippen MR) is 75.3 cm³/mol. The molecule has 0 amide bonds. The van der Waals surface area contributed by atoms with E-state index in [4.69, 9.17) is 10.3 Å². The number of benzene rings is 2. The summed E-state index contributed by atoms with van der Waals surface area (Å²) in [5, 5.41) is 3.66. The van der Waals surface area contributed by atoms with Gasteiger partial charge < -0.3 is 4.74 Å². The molecule has 0 heterocycles. The summed E-state index contributed by atoms with van der Waals surface area (Å²) in [4.78, 5) is 2.81. The van der Waals surface area contributed by atoms with E-state index in [-0.39, 0.29) is 6.04 Å². The van der Waals surface area contributed by atoms with E-state index in [1.165, 1.54) is 0 Å². The highest BCUT2D eigenvalue weighted by atomic mass is 16.5. The van der Waals surface area contributed by atoms with Crippen LogP contribution in [0.2, 0.25) is 0 Å². The number of hydrogen-bond donors (Lipinski definition) is 0. The monoisotopic (exact) mass is 253 g/mol. The molecular weight excluding hydrogens is 238 g/mol. The van der Waals surface area contributed by atoms with Crippen molar-refractivity contribution in [3.05, 3.63) is 70.6 Å². The van der Waals surface area contributed by atoms with Crippen LogP contribution in [-0.2, 0) is 6.42 Å². The highest BCUT2D eigenvalue weighted by Gasteiger charge is 2.02.